The average molecular weight is 452 g/mol. The number of para-hydroxylation sites is 1. The summed E-state index contributed by atoms with van der Waals surface area (Å²) >= 11 is 7.59. The predicted molar refractivity (Wildman–Crippen MR) is 122 cm³/mol. The second-order valence-electron chi connectivity index (χ2n) is 7.30. The molecular formula is C22H18ClN5O2S. The number of aromatic nitrogens is 4. The van der Waals surface area contributed by atoms with Crippen molar-refractivity contribution in [3.8, 4) is 5.69 Å². The van der Waals surface area contributed by atoms with Crippen LogP contribution in [0.25, 0.3) is 16.7 Å². The Morgan fingerprint density at radius 1 is 1.23 bits per heavy atom. The lowest BCUT2D eigenvalue weighted by atomic mass is 10.2. The van der Waals surface area contributed by atoms with Gasteiger partial charge >= 0.3 is 0 Å². The maximum atomic E-state index is 13.3. The van der Waals surface area contributed by atoms with Crippen LogP contribution in [-0.4, -0.2) is 38.0 Å². The predicted octanol–water partition coefficient (Wildman–Crippen LogP) is 3.94. The molecule has 1 aliphatic heterocycles. The Hall–Kier alpha value is -3.10. The van der Waals surface area contributed by atoms with E-state index in [0.29, 0.717) is 27.0 Å². The van der Waals surface area contributed by atoms with E-state index >= 15 is 0 Å². The van der Waals surface area contributed by atoms with Crippen molar-refractivity contribution < 1.29 is 4.79 Å². The smallest absolute Gasteiger partial charge is 0.265 e. The molecule has 2 aromatic heterocycles. The molecule has 1 aliphatic rings. The number of rotatable bonds is 4. The molecule has 0 bridgehead atoms. The van der Waals surface area contributed by atoms with Crippen LogP contribution < -0.4 is 10.5 Å². The van der Waals surface area contributed by atoms with E-state index in [1.54, 1.807) is 33.3 Å². The number of anilines is 1. The number of amides is 1. The van der Waals surface area contributed by atoms with Gasteiger partial charge in [0.2, 0.25) is 5.91 Å². The van der Waals surface area contributed by atoms with Crippen LogP contribution in [0, 0.1) is 0 Å². The van der Waals surface area contributed by atoms with Crippen molar-refractivity contribution in [3.05, 3.63) is 76.2 Å². The Bertz CT molecular complexity index is 1350. The van der Waals surface area contributed by atoms with Crippen LogP contribution in [0.3, 0.4) is 0 Å². The first-order valence-corrected chi connectivity index (χ1v) is 11.1. The highest BCUT2D eigenvalue weighted by Gasteiger charge is 2.30. The fourth-order valence-electron chi connectivity index (χ4n) is 3.71. The van der Waals surface area contributed by atoms with Crippen LogP contribution in [0.2, 0.25) is 5.02 Å². The summed E-state index contributed by atoms with van der Waals surface area (Å²) in [5.41, 5.74) is 1.86. The van der Waals surface area contributed by atoms with Crippen LogP contribution in [-0.2, 0) is 4.79 Å². The largest absolute Gasteiger partial charge is 0.315 e. The van der Waals surface area contributed by atoms with Crippen molar-refractivity contribution in [3.63, 3.8) is 0 Å². The summed E-state index contributed by atoms with van der Waals surface area (Å²) in [6.07, 6.45) is 1.75. The minimum atomic E-state index is -0.252. The number of thioether (sulfide) groups is 1. The molecular weight excluding hydrogens is 434 g/mol. The average Bonchev–Trinajstić information content (AvgIpc) is 3.39. The van der Waals surface area contributed by atoms with Crippen LogP contribution in [0.15, 0.2) is 70.7 Å². The molecule has 0 fully saturated rings. The van der Waals surface area contributed by atoms with Gasteiger partial charge < -0.3 is 4.90 Å². The number of hydrogen-bond acceptors (Lipinski definition) is 5. The fraction of sp³-hybridized carbons (Fsp3) is 0.182. The van der Waals surface area contributed by atoms with Gasteiger partial charge in [-0.05, 0) is 30.3 Å². The molecule has 0 radical (unpaired) electrons. The summed E-state index contributed by atoms with van der Waals surface area (Å²) in [6, 6.07) is 16.4. The number of carbonyl (C=O) groups excluding carboxylic acids is 1. The molecule has 0 saturated heterocycles. The second kappa shape index (κ2) is 7.86. The molecule has 0 aliphatic carbocycles. The molecule has 5 rings (SSSR count). The molecule has 1 unspecified atom stereocenters. The van der Waals surface area contributed by atoms with Crippen molar-refractivity contribution in [2.45, 2.75) is 17.6 Å². The topological polar surface area (TPSA) is 73.0 Å². The number of nitrogens with zero attached hydrogens (tertiary/aromatic N) is 5. The van der Waals surface area contributed by atoms with E-state index < -0.39 is 0 Å². The molecule has 31 heavy (non-hydrogen) atoms. The van der Waals surface area contributed by atoms with Gasteiger partial charge in [0, 0.05) is 29.9 Å². The van der Waals surface area contributed by atoms with Gasteiger partial charge in [0.15, 0.2) is 10.8 Å². The van der Waals surface area contributed by atoms with Crippen molar-refractivity contribution in [1.29, 1.82) is 0 Å². The molecule has 3 heterocycles. The van der Waals surface area contributed by atoms with E-state index in [1.807, 2.05) is 42.5 Å². The maximum absolute atomic E-state index is 13.3. The van der Waals surface area contributed by atoms with E-state index in [1.165, 1.54) is 18.0 Å². The first-order valence-electron chi connectivity index (χ1n) is 9.73. The monoisotopic (exact) mass is 451 g/mol. The van der Waals surface area contributed by atoms with E-state index in [2.05, 4.69) is 5.10 Å². The lowest BCUT2D eigenvalue weighted by Crippen LogP contribution is -2.32. The van der Waals surface area contributed by atoms with Gasteiger partial charge in [-0.2, -0.15) is 5.10 Å². The van der Waals surface area contributed by atoms with Crippen molar-refractivity contribution in [1.82, 2.24) is 19.3 Å². The van der Waals surface area contributed by atoms with Crippen LogP contribution in [0.1, 0.15) is 12.5 Å². The normalized spacial score (nSPS) is 15.2. The zero-order valence-corrected chi connectivity index (χ0v) is 18.2. The summed E-state index contributed by atoms with van der Waals surface area (Å²) in [5, 5.41) is 5.95. The first kappa shape index (κ1) is 19.8. The molecule has 1 amide bonds. The minimum absolute atomic E-state index is 0.0498. The lowest BCUT2D eigenvalue weighted by molar-refractivity contribution is -0.119. The highest BCUT2D eigenvalue weighted by Crippen LogP contribution is 2.34. The second-order valence-corrected chi connectivity index (χ2v) is 8.72. The van der Waals surface area contributed by atoms with E-state index in [4.69, 9.17) is 16.6 Å². The Morgan fingerprint density at radius 2 is 2.03 bits per heavy atom. The quantitative estimate of drug-likeness (QED) is 0.439. The van der Waals surface area contributed by atoms with Gasteiger partial charge in [0.1, 0.15) is 5.39 Å². The Morgan fingerprint density at radius 3 is 2.81 bits per heavy atom. The van der Waals surface area contributed by atoms with Gasteiger partial charge in [-0.15, -0.1) is 0 Å². The van der Waals surface area contributed by atoms with Crippen molar-refractivity contribution >= 4 is 46.0 Å². The van der Waals surface area contributed by atoms with Gasteiger partial charge in [-0.1, -0.05) is 47.6 Å². The van der Waals surface area contributed by atoms with Crippen molar-refractivity contribution in [2.75, 3.05) is 17.7 Å². The number of fused-ring (bicyclic) bond motifs is 2. The molecule has 0 N–H and O–H groups in total. The molecule has 7 nitrogen and oxygen atoms in total. The van der Waals surface area contributed by atoms with Crippen LogP contribution >= 0.6 is 23.4 Å². The minimum Gasteiger partial charge on any atom is -0.315 e. The van der Waals surface area contributed by atoms with Gasteiger partial charge in [0.25, 0.3) is 5.56 Å². The third kappa shape index (κ3) is 3.51. The highest BCUT2D eigenvalue weighted by atomic mass is 35.5. The zero-order chi connectivity index (χ0) is 21.5. The summed E-state index contributed by atoms with van der Waals surface area (Å²) in [4.78, 5) is 32.4. The molecule has 0 saturated carbocycles. The fourth-order valence-corrected chi connectivity index (χ4v) is 5.03. The zero-order valence-electron chi connectivity index (χ0n) is 16.6. The van der Waals surface area contributed by atoms with Crippen LogP contribution in [0.5, 0.6) is 0 Å². The number of carbonyl (C=O) groups is 1. The van der Waals surface area contributed by atoms with E-state index in [-0.39, 0.29) is 23.9 Å². The molecule has 1 atom stereocenters. The standard InChI is InChI=1S/C22H18ClN5O2S/c1-26(15-7-3-2-4-8-15)19(29)11-17-13-31-22-25-20-18(21(30)27(17)22)12-24-28(20)16-9-5-6-14(23)10-16/h2-10,12,17H,11,13H2,1H3. The number of halogens is 1. The maximum Gasteiger partial charge on any atom is 0.265 e. The third-order valence-electron chi connectivity index (χ3n) is 5.35. The summed E-state index contributed by atoms with van der Waals surface area (Å²) in [6.45, 7) is 0. The number of hydrogen-bond donors (Lipinski definition) is 0. The Kier molecular flexibility index (Phi) is 5.03. The Balaban J connectivity index is 1.48. The third-order valence-corrected chi connectivity index (χ3v) is 6.68. The summed E-state index contributed by atoms with van der Waals surface area (Å²) in [7, 11) is 1.75. The lowest BCUT2D eigenvalue weighted by Gasteiger charge is -2.20. The molecule has 2 aromatic carbocycles. The van der Waals surface area contributed by atoms with Gasteiger partial charge in [-0.25, -0.2) is 9.67 Å². The Labute approximate surface area is 187 Å². The first-order chi connectivity index (χ1) is 15.0. The van der Waals surface area contributed by atoms with E-state index in [0.717, 1.165) is 11.4 Å². The molecule has 0 spiro atoms. The van der Waals surface area contributed by atoms with Gasteiger partial charge in [-0.3, -0.25) is 14.2 Å². The molecule has 9 heteroatoms. The molecule has 4 aromatic rings. The summed E-state index contributed by atoms with van der Waals surface area (Å²) < 4.78 is 3.25. The highest BCUT2D eigenvalue weighted by molar-refractivity contribution is 7.99. The van der Waals surface area contributed by atoms with Crippen LogP contribution in [0.4, 0.5) is 5.69 Å². The van der Waals surface area contributed by atoms with Gasteiger partial charge in [0.05, 0.1) is 17.9 Å². The van der Waals surface area contributed by atoms with E-state index in [9.17, 15) is 9.59 Å². The SMILES string of the molecule is CN(C(=O)CC1CSc2nc3c(cnn3-c3cccc(Cl)c3)c(=O)n21)c1ccccc1. The number of benzene rings is 2. The van der Waals surface area contributed by atoms with Crippen molar-refractivity contribution in [2.24, 2.45) is 0 Å². The summed E-state index contributed by atoms with van der Waals surface area (Å²) in [5.74, 6) is 0.569. The molecule has 156 valence electrons.